The van der Waals surface area contributed by atoms with Gasteiger partial charge in [-0.2, -0.15) is 0 Å². The molecule has 4 rings (SSSR count). The Morgan fingerprint density at radius 1 is 0.923 bits per heavy atom. The van der Waals surface area contributed by atoms with E-state index in [4.69, 9.17) is 0 Å². The van der Waals surface area contributed by atoms with Crippen LogP contribution in [-0.4, -0.2) is 39.6 Å². The average molecular weight is 346 g/mol. The molecule has 1 aliphatic heterocycles. The minimum Gasteiger partial charge on any atom is -0.356 e. The lowest BCUT2D eigenvalue weighted by Gasteiger charge is -2.33. The summed E-state index contributed by atoms with van der Waals surface area (Å²) in [6, 6.07) is 13.8. The minimum absolute atomic E-state index is 0.549. The number of rotatable bonds is 5. The molecular weight excluding hydrogens is 324 g/mol. The van der Waals surface area contributed by atoms with E-state index < -0.39 is 0 Å². The van der Waals surface area contributed by atoms with Crippen LogP contribution in [-0.2, 0) is 0 Å². The van der Waals surface area contributed by atoms with Crippen molar-refractivity contribution < 1.29 is 0 Å². The summed E-state index contributed by atoms with van der Waals surface area (Å²) < 4.78 is 0. The lowest BCUT2D eigenvalue weighted by atomic mass is 9.98. The SMILES string of the molecule is c1ccc(-c2ccnc(NC[C@@H]3CCCN(c4ccccn4)C3)n2)nc1. The van der Waals surface area contributed by atoms with Crippen molar-refractivity contribution in [1.82, 2.24) is 19.9 Å². The first-order valence-electron chi connectivity index (χ1n) is 9.03. The Morgan fingerprint density at radius 2 is 1.81 bits per heavy atom. The Balaban J connectivity index is 1.38. The van der Waals surface area contributed by atoms with E-state index in [0.717, 1.165) is 36.8 Å². The highest BCUT2D eigenvalue weighted by molar-refractivity contribution is 5.54. The van der Waals surface area contributed by atoms with Gasteiger partial charge in [-0.25, -0.2) is 15.0 Å². The summed E-state index contributed by atoms with van der Waals surface area (Å²) >= 11 is 0. The summed E-state index contributed by atoms with van der Waals surface area (Å²) in [5, 5.41) is 3.40. The molecule has 0 radical (unpaired) electrons. The normalized spacial score (nSPS) is 17.1. The maximum absolute atomic E-state index is 4.59. The molecule has 1 N–H and O–H groups in total. The molecule has 0 bridgehead atoms. The number of nitrogens with one attached hydrogen (secondary N) is 1. The Hall–Kier alpha value is -3.02. The van der Waals surface area contributed by atoms with Crippen LogP contribution in [0.25, 0.3) is 11.4 Å². The third-order valence-electron chi connectivity index (χ3n) is 4.62. The molecule has 0 aliphatic carbocycles. The Bertz CT molecular complexity index is 824. The zero-order valence-electron chi connectivity index (χ0n) is 14.6. The van der Waals surface area contributed by atoms with Gasteiger partial charge in [-0.05, 0) is 49.1 Å². The summed E-state index contributed by atoms with van der Waals surface area (Å²) in [4.78, 5) is 20.1. The van der Waals surface area contributed by atoms with Crippen LogP contribution in [0.2, 0.25) is 0 Å². The average Bonchev–Trinajstić information content (AvgIpc) is 2.74. The van der Waals surface area contributed by atoms with Gasteiger partial charge in [0.05, 0.1) is 11.4 Å². The first-order chi connectivity index (χ1) is 12.9. The number of nitrogens with zero attached hydrogens (tertiary/aromatic N) is 5. The molecule has 132 valence electrons. The molecule has 0 saturated carbocycles. The van der Waals surface area contributed by atoms with Crippen molar-refractivity contribution in [2.24, 2.45) is 5.92 Å². The molecular formula is C20H22N6. The van der Waals surface area contributed by atoms with Gasteiger partial charge in [-0.15, -0.1) is 0 Å². The van der Waals surface area contributed by atoms with Crippen molar-refractivity contribution in [2.75, 3.05) is 29.9 Å². The van der Waals surface area contributed by atoms with Crippen LogP contribution in [0.5, 0.6) is 0 Å². The third-order valence-corrected chi connectivity index (χ3v) is 4.62. The fourth-order valence-corrected chi connectivity index (χ4v) is 3.32. The number of anilines is 2. The number of hydrogen-bond acceptors (Lipinski definition) is 6. The molecule has 0 aromatic carbocycles. The van der Waals surface area contributed by atoms with Crippen LogP contribution in [0.1, 0.15) is 12.8 Å². The monoisotopic (exact) mass is 346 g/mol. The van der Waals surface area contributed by atoms with E-state index in [-0.39, 0.29) is 0 Å². The molecule has 1 aliphatic rings. The number of pyridine rings is 2. The topological polar surface area (TPSA) is 66.8 Å². The molecule has 1 saturated heterocycles. The number of piperidine rings is 1. The van der Waals surface area contributed by atoms with Crippen LogP contribution in [0.4, 0.5) is 11.8 Å². The van der Waals surface area contributed by atoms with E-state index >= 15 is 0 Å². The Morgan fingerprint density at radius 3 is 2.62 bits per heavy atom. The van der Waals surface area contributed by atoms with Crippen molar-refractivity contribution in [3.63, 3.8) is 0 Å². The van der Waals surface area contributed by atoms with Gasteiger partial charge in [0.15, 0.2) is 0 Å². The Labute approximate surface area is 153 Å². The molecule has 0 unspecified atom stereocenters. The minimum atomic E-state index is 0.549. The highest BCUT2D eigenvalue weighted by atomic mass is 15.2. The molecule has 6 nitrogen and oxygen atoms in total. The summed E-state index contributed by atoms with van der Waals surface area (Å²) in [5.41, 5.74) is 1.69. The Kier molecular flexibility index (Phi) is 5.00. The van der Waals surface area contributed by atoms with E-state index in [1.807, 2.05) is 42.6 Å². The molecule has 4 heterocycles. The first kappa shape index (κ1) is 16.4. The lowest BCUT2D eigenvalue weighted by molar-refractivity contribution is 0.429. The van der Waals surface area contributed by atoms with Crippen LogP contribution >= 0.6 is 0 Å². The fraction of sp³-hybridized carbons (Fsp3) is 0.300. The molecule has 26 heavy (non-hydrogen) atoms. The second kappa shape index (κ2) is 7.91. The van der Waals surface area contributed by atoms with E-state index in [9.17, 15) is 0 Å². The van der Waals surface area contributed by atoms with Gasteiger partial charge in [0.1, 0.15) is 5.82 Å². The van der Waals surface area contributed by atoms with Gasteiger partial charge in [0.2, 0.25) is 5.95 Å². The molecule has 1 fully saturated rings. The van der Waals surface area contributed by atoms with Crippen molar-refractivity contribution in [3.05, 3.63) is 61.1 Å². The van der Waals surface area contributed by atoms with Gasteiger partial charge < -0.3 is 10.2 Å². The van der Waals surface area contributed by atoms with E-state index in [1.165, 1.54) is 12.8 Å². The summed E-state index contributed by atoms with van der Waals surface area (Å²) in [6.07, 6.45) is 7.79. The zero-order chi connectivity index (χ0) is 17.6. The van der Waals surface area contributed by atoms with Crippen molar-refractivity contribution >= 4 is 11.8 Å². The summed E-state index contributed by atoms with van der Waals surface area (Å²) in [7, 11) is 0. The highest BCUT2D eigenvalue weighted by Gasteiger charge is 2.20. The van der Waals surface area contributed by atoms with Gasteiger partial charge in [-0.1, -0.05) is 12.1 Å². The van der Waals surface area contributed by atoms with Crippen molar-refractivity contribution in [3.8, 4) is 11.4 Å². The van der Waals surface area contributed by atoms with E-state index in [0.29, 0.717) is 11.9 Å². The third kappa shape index (κ3) is 3.96. The standard InChI is InChI=1S/C20H22N6/c1-3-10-21-17(7-1)18-9-12-23-20(25-18)24-14-16-6-5-13-26(15-16)19-8-2-4-11-22-19/h1-4,7-12,16H,5-6,13-15H2,(H,23,24,25)/t16-/m0/s1. The maximum atomic E-state index is 4.59. The van der Waals surface area contributed by atoms with Crippen molar-refractivity contribution in [2.45, 2.75) is 12.8 Å². The second-order valence-corrected chi connectivity index (χ2v) is 6.50. The largest absolute Gasteiger partial charge is 0.356 e. The second-order valence-electron chi connectivity index (χ2n) is 6.50. The van der Waals surface area contributed by atoms with Crippen LogP contribution in [0, 0.1) is 5.92 Å². The molecule has 3 aromatic heterocycles. The summed E-state index contributed by atoms with van der Waals surface area (Å²) in [5.74, 6) is 2.27. The summed E-state index contributed by atoms with van der Waals surface area (Å²) in [6.45, 7) is 2.93. The van der Waals surface area contributed by atoms with E-state index in [1.54, 1.807) is 12.4 Å². The number of aromatic nitrogens is 4. The van der Waals surface area contributed by atoms with E-state index in [2.05, 4.69) is 36.2 Å². The molecule has 0 spiro atoms. The van der Waals surface area contributed by atoms with Gasteiger partial charge in [0.25, 0.3) is 0 Å². The number of hydrogen-bond donors (Lipinski definition) is 1. The molecule has 0 amide bonds. The predicted octanol–water partition coefficient (Wildman–Crippen LogP) is 3.26. The van der Waals surface area contributed by atoms with Gasteiger partial charge >= 0.3 is 0 Å². The van der Waals surface area contributed by atoms with Crippen LogP contribution in [0.15, 0.2) is 61.1 Å². The molecule has 6 heteroatoms. The van der Waals surface area contributed by atoms with Crippen molar-refractivity contribution in [1.29, 1.82) is 0 Å². The zero-order valence-corrected chi connectivity index (χ0v) is 14.6. The predicted molar refractivity (Wildman–Crippen MR) is 103 cm³/mol. The van der Waals surface area contributed by atoms with Crippen LogP contribution < -0.4 is 10.2 Å². The van der Waals surface area contributed by atoms with Gasteiger partial charge in [-0.3, -0.25) is 4.98 Å². The van der Waals surface area contributed by atoms with Crippen LogP contribution in [0.3, 0.4) is 0 Å². The first-order valence-corrected chi connectivity index (χ1v) is 9.03. The molecule has 3 aromatic rings. The molecule has 1 atom stereocenters. The lowest BCUT2D eigenvalue weighted by Crippen LogP contribution is -2.38. The quantitative estimate of drug-likeness (QED) is 0.765. The fourth-order valence-electron chi connectivity index (χ4n) is 3.32. The maximum Gasteiger partial charge on any atom is 0.223 e. The van der Waals surface area contributed by atoms with Gasteiger partial charge in [0, 0.05) is 38.2 Å². The smallest absolute Gasteiger partial charge is 0.223 e. The highest BCUT2D eigenvalue weighted by Crippen LogP contribution is 2.22.